The summed E-state index contributed by atoms with van der Waals surface area (Å²) in [5.41, 5.74) is 10.3. The number of nitrogens with zero attached hydrogens (tertiary/aromatic N) is 4. The van der Waals surface area contributed by atoms with Gasteiger partial charge in [0, 0.05) is 48.0 Å². The molecule has 0 spiro atoms. The Kier molecular flexibility index (Phi) is 6.61. The van der Waals surface area contributed by atoms with E-state index in [0.717, 1.165) is 61.6 Å². The van der Waals surface area contributed by atoms with Crippen molar-refractivity contribution in [1.82, 2.24) is 19.9 Å². The van der Waals surface area contributed by atoms with Crippen LogP contribution in [0.1, 0.15) is 0 Å². The van der Waals surface area contributed by atoms with Crippen LogP contribution in [0.5, 0.6) is 0 Å². The fourth-order valence-corrected chi connectivity index (χ4v) is 7.23. The van der Waals surface area contributed by atoms with E-state index in [1.165, 1.54) is 20.2 Å². The first-order chi connectivity index (χ1) is 23.3. The van der Waals surface area contributed by atoms with E-state index in [0.29, 0.717) is 5.82 Å². The molecule has 0 aliphatic carbocycles. The molecule has 0 saturated heterocycles. The summed E-state index contributed by atoms with van der Waals surface area (Å²) in [4.78, 5) is 20.3. The predicted octanol–water partition coefficient (Wildman–Crippen LogP) is 11.1. The summed E-state index contributed by atoms with van der Waals surface area (Å²) in [6.07, 6.45) is 0. The van der Waals surface area contributed by atoms with Gasteiger partial charge in [0.25, 0.3) is 0 Å². The molecular formula is C42H26N4S. The number of rotatable bonds is 5. The highest BCUT2D eigenvalue weighted by Gasteiger charge is 2.16. The zero-order valence-electron chi connectivity index (χ0n) is 25.2. The largest absolute Gasteiger partial charge is 0.244 e. The quantitative estimate of drug-likeness (QED) is 0.193. The maximum atomic E-state index is 5.18. The standard InChI is InChI=1S/C42H26N4S/c1-3-11-27(12-4-1)36-26-37(46-42(45-36)30-13-5-2-6-14-30)28-19-21-29(22-20-28)40-41(44-35-17-9-8-16-34(35)43-40)31-23-24-39-33(25-31)32-15-7-10-18-38(32)47-39/h1-26H. The lowest BCUT2D eigenvalue weighted by Crippen LogP contribution is -1.97. The van der Waals surface area contributed by atoms with Gasteiger partial charge in [0.2, 0.25) is 0 Å². The summed E-state index contributed by atoms with van der Waals surface area (Å²) in [5, 5.41) is 2.51. The number of benzene rings is 6. The molecule has 3 heterocycles. The highest BCUT2D eigenvalue weighted by atomic mass is 32.1. The summed E-state index contributed by atoms with van der Waals surface area (Å²) < 4.78 is 2.56. The lowest BCUT2D eigenvalue weighted by Gasteiger charge is -2.12. The summed E-state index contributed by atoms with van der Waals surface area (Å²) in [6.45, 7) is 0. The maximum absolute atomic E-state index is 5.18. The number of thiophene rings is 1. The highest BCUT2D eigenvalue weighted by molar-refractivity contribution is 7.25. The van der Waals surface area contributed by atoms with Crippen molar-refractivity contribution in [3.05, 3.63) is 158 Å². The molecule has 0 atom stereocenters. The molecule has 6 aromatic carbocycles. The van der Waals surface area contributed by atoms with Crippen LogP contribution >= 0.6 is 11.3 Å². The second-order valence-corrected chi connectivity index (χ2v) is 12.6. The molecule has 0 aliphatic heterocycles. The van der Waals surface area contributed by atoms with Crippen molar-refractivity contribution in [3.8, 4) is 56.4 Å². The van der Waals surface area contributed by atoms with E-state index in [4.69, 9.17) is 19.9 Å². The van der Waals surface area contributed by atoms with E-state index in [1.807, 2.05) is 84.1 Å². The van der Waals surface area contributed by atoms with Crippen molar-refractivity contribution in [2.24, 2.45) is 0 Å². The first-order valence-electron chi connectivity index (χ1n) is 15.6. The first-order valence-corrected chi connectivity index (χ1v) is 16.4. The molecule has 0 aliphatic rings. The Labute approximate surface area is 275 Å². The van der Waals surface area contributed by atoms with Crippen LogP contribution in [0.25, 0.3) is 87.6 Å². The zero-order chi connectivity index (χ0) is 31.2. The molecule has 0 bridgehead atoms. The van der Waals surface area contributed by atoms with E-state index in [2.05, 4.69) is 84.9 Å². The van der Waals surface area contributed by atoms with Gasteiger partial charge in [-0.15, -0.1) is 11.3 Å². The van der Waals surface area contributed by atoms with Crippen LogP contribution in [0.15, 0.2) is 158 Å². The average Bonchev–Trinajstić information content (AvgIpc) is 3.53. The molecule has 3 aromatic heterocycles. The van der Waals surface area contributed by atoms with E-state index >= 15 is 0 Å². The SMILES string of the molecule is c1ccc(-c2cc(-c3ccc(-c4nc5ccccc5nc4-c4ccc5sc6ccccc6c5c4)cc3)nc(-c3ccccc3)n2)cc1. The van der Waals surface area contributed by atoms with Gasteiger partial charge >= 0.3 is 0 Å². The second kappa shape index (κ2) is 11.4. The Bertz CT molecular complexity index is 2500. The minimum atomic E-state index is 0.699. The van der Waals surface area contributed by atoms with E-state index < -0.39 is 0 Å². The highest BCUT2D eigenvalue weighted by Crippen LogP contribution is 2.39. The van der Waals surface area contributed by atoms with Gasteiger partial charge in [0.1, 0.15) is 0 Å². The maximum Gasteiger partial charge on any atom is 0.160 e. The van der Waals surface area contributed by atoms with Crippen molar-refractivity contribution in [3.63, 3.8) is 0 Å². The summed E-state index contributed by atoms with van der Waals surface area (Å²) in [6, 6.07) is 54.3. The summed E-state index contributed by atoms with van der Waals surface area (Å²) in [5.74, 6) is 0.699. The van der Waals surface area contributed by atoms with Gasteiger partial charge in [-0.1, -0.05) is 121 Å². The fraction of sp³-hybridized carbons (Fsp3) is 0. The van der Waals surface area contributed by atoms with E-state index in [1.54, 1.807) is 0 Å². The number of para-hydroxylation sites is 2. The molecule has 47 heavy (non-hydrogen) atoms. The Morgan fingerprint density at radius 2 is 0.851 bits per heavy atom. The third kappa shape index (κ3) is 5.03. The van der Waals surface area contributed by atoms with E-state index in [9.17, 15) is 0 Å². The van der Waals surface area contributed by atoms with Gasteiger partial charge in [-0.3, -0.25) is 0 Å². The van der Waals surface area contributed by atoms with Crippen molar-refractivity contribution in [2.75, 3.05) is 0 Å². The number of fused-ring (bicyclic) bond motifs is 4. The van der Waals surface area contributed by atoms with Gasteiger partial charge in [0.05, 0.1) is 33.8 Å². The molecule has 9 aromatic rings. The molecule has 5 heteroatoms. The Balaban J connectivity index is 1.17. The normalized spacial score (nSPS) is 11.4. The van der Waals surface area contributed by atoms with Crippen LogP contribution in [-0.2, 0) is 0 Å². The average molecular weight is 619 g/mol. The zero-order valence-corrected chi connectivity index (χ0v) is 26.0. The summed E-state index contributed by atoms with van der Waals surface area (Å²) >= 11 is 1.82. The van der Waals surface area contributed by atoms with Crippen LogP contribution in [0.3, 0.4) is 0 Å². The molecule has 0 N–H and O–H groups in total. The van der Waals surface area contributed by atoms with Gasteiger partial charge in [0.15, 0.2) is 5.82 Å². The van der Waals surface area contributed by atoms with Crippen molar-refractivity contribution in [2.45, 2.75) is 0 Å². The monoisotopic (exact) mass is 618 g/mol. The Hall–Kier alpha value is -6.04. The van der Waals surface area contributed by atoms with Crippen LogP contribution in [0.2, 0.25) is 0 Å². The van der Waals surface area contributed by atoms with Crippen LogP contribution in [0, 0.1) is 0 Å². The third-order valence-corrected chi connectivity index (χ3v) is 9.65. The second-order valence-electron chi connectivity index (χ2n) is 11.5. The minimum Gasteiger partial charge on any atom is -0.244 e. The fourth-order valence-electron chi connectivity index (χ4n) is 6.14. The van der Waals surface area contributed by atoms with Crippen LogP contribution < -0.4 is 0 Å². The molecule has 0 unspecified atom stereocenters. The van der Waals surface area contributed by atoms with Crippen molar-refractivity contribution < 1.29 is 0 Å². The van der Waals surface area contributed by atoms with Crippen molar-refractivity contribution in [1.29, 1.82) is 0 Å². The lowest BCUT2D eigenvalue weighted by atomic mass is 9.99. The lowest BCUT2D eigenvalue weighted by molar-refractivity contribution is 1.18. The molecule has 4 nitrogen and oxygen atoms in total. The first kappa shape index (κ1) is 27.3. The Morgan fingerprint density at radius 3 is 1.55 bits per heavy atom. The van der Waals surface area contributed by atoms with Gasteiger partial charge in [-0.25, -0.2) is 19.9 Å². The molecule has 220 valence electrons. The predicted molar refractivity (Wildman–Crippen MR) is 195 cm³/mol. The molecule has 0 amide bonds. The van der Waals surface area contributed by atoms with Crippen molar-refractivity contribution >= 4 is 42.5 Å². The molecule has 9 rings (SSSR count). The van der Waals surface area contributed by atoms with Gasteiger partial charge in [-0.05, 0) is 36.4 Å². The third-order valence-electron chi connectivity index (χ3n) is 8.50. The smallest absolute Gasteiger partial charge is 0.160 e. The molecule has 0 radical (unpaired) electrons. The number of aromatic nitrogens is 4. The van der Waals surface area contributed by atoms with Gasteiger partial charge in [-0.2, -0.15) is 0 Å². The number of hydrogen-bond acceptors (Lipinski definition) is 5. The molecule has 0 fully saturated rings. The number of hydrogen-bond donors (Lipinski definition) is 0. The van der Waals surface area contributed by atoms with Crippen LogP contribution in [0.4, 0.5) is 0 Å². The topological polar surface area (TPSA) is 51.6 Å². The summed E-state index contributed by atoms with van der Waals surface area (Å²) in [7, 11) is 0. The van der Waals surface area contributed by atoms with Gasteiger partial charge < -0.3 is 0 Å². The minimum absolute atomic E-state index is 0.699. The van der Waals surface area contributed by atoms with Crippen LogP contribution in [-0.4, -0.2) is 19.9 Å². The molecular weight excluding hydrogens is 593 g/mol. The van der Waals surface area contributed by atoms with E-state index in [-0.39, 0.29) is 0 Å². The Morgan fingerprint density at radius 1 is 0.340 bits per heavy atom. The molecule has 0 saturated carbocycles.